The predicted molar refractivity (Wildman–Crippen MR) is 97.1 cm³/mol. The Labute approximate surface area is 146 Å². The van der Waals surface area contributed by atoms with Crippen molar-refractivity contribution in [3.63, 3.8) is 0 Å². The Morgan fingerprint density at radius 2 is 2.04 bits per heavy atom. The summed E-state index contributed by atoms with van der Waals surface area (Å²) in [5.74, 6) is 0.652. The van der Waals surface area contributed by atoms with E-state index in [-0.39, 0.29) is 22.8 Å². The Morgan fingerprint density at radius 3 is 2.81 bits per heavy atom. The van der Waals surface area contributed by atoms with E-state index in [1.165, 1.54) is 18.5 Å². The lowest BCUT2D eigenvalue weighted by Crippen LogP contribution is -2.12. The summed E-state index contributed by atoms with van der Waals surface area (Å²) >= 11 is 0. The molecule has 2 aromatic heterocycles. The third-order valence-corrected chi connectivity index (χ3v) is 4.14. The molecule has 26 heavy (non-hydrogen) atoms. The Balaban J connectivity index is 1.76. The second kappa shape index (κ2) is 5.96. The average molecular weight is 350 g/mol. The van der Waals surface area contributed by atoms with Crippen molar-refractivity contribution in [1.29, 1.82) is 0 Å². The Kier molecular flexibility index (Phi) is 3.61. The topological polar surface area (TPSA) is 130 Å². The Bertz CT molecular complexity index is 1160. The molecule has 0 aliphatic heterocycles. The number of hydrogen-bond acceptors (Lipinski definition) is 6. The predicted octanol–water partition coefficient (Wildman–Crippen LogP) is 2.88. The first kappa shape index (κ1) is 15.8. The summed E-state index contributed by atoms with van der Waals surface area (Å²) in [6, 6.07) is 10.0. The number of imidazole rings is 1. The highest BCUT2D eigenvalue weighted by Gasteiger charge is 2.20. The van der Waals surface area contributed by atoms with Crippen LogP contribution < -0.4 is 10.9 Å². The number of benzene rings is 2. The molecule has 2 heterocycles. The summed E-state index contributed by atoms with van der Waals surface area (Å²) in [4.78, 5) is 37.0. The van der Waals surface area contributed by atoms with Crippen molar-refractivity contribution >= 4 is 33.3 Å². The van der Waals surface area contributed by atoms with E-state index < -0.39 is 10.5 Å². The van der Waals surface area contributed by atoms with Crippen molar-refractivity contribution in [2.45, 2.75) is 13.0 Å². The number of nitro groups is 1. The smallest absolute Gasteiger partial charge is 0.293 e. The van der Waals surface area contributed by atoms with Crippen molar-refractivity contribution in [2.24, 2.45) is 0 Å². The molecule has 1 atom stereocenters. The van der Waals surface area contributed by atoms with Gasteiger partial charge in [0, 0.05) is 6.07 Å². The maximum atomic E-state index is 11.9. The molecule has 0 fully saturated rings. The Morgan fingerprint density at radius 1 is 1.23 bits per heavy atom. The van der Waals surface area contributed by atoms with Gasteiger partial charge in [0.2, 0.25) is 0 Å². The Hall–Kier alpha value is -3.75. The van der Waals surface area contributed by atoms with Gasteiger partial charge in [-0.2, -0.15) is 0 Å². The van der Waals surface area contributed by atoms with Crippen LogP contribution in [-0.2, 0) is 0 Å². The molecule has 4 aromatic rings. The van der Waals surface area contributed by atoms with Crippen LogP contribution in [0.5, 0.6) is 0 Å². The van der Waals surface area contributed by atoms with Crippen molar-refractivity contribution in [3.8, 4) is 0 Å². The molecule has 0 radical (unpaired) electrons. The normalized spacial score (nSPS) is 12.3. The van der Waals surface area contributed by atoms with Gasteiger partial charge >= 0.3 is 0 Å². The third-order valence-electron chi connectivity index (χ3n) is 4.14. The fourth-order valence-electron chi connectivity index (χ4n) is 2.85. The minimum Gasteiger partial charge on any atom is -0.370 e. The molecule has 0 amide bonds. The molecule has 0 aliphatic carbocycles. The number of nitro benzene ring substituents is 1. The van der Waals surface area contributed by atoms with Crippen LogP contribution in [0.3, 0.4) is 0 Å². The molecule has 0 spiro atoms. The highest BCUT2D eigenvalue weighted by molar-refractivity contribution is 5.86. The summed E-state index contributed by atoms with van der Waals surface area (Å²) in [5, 5.41) is 14.7. The number of nitrogens with one attached hydrogen (secondary N) is 3. The monoisotopic (exact) mass is 350 g/mol. The first-order valence-corrected chi connectivity index (χ1v) is 7.90. The molecule has 9 heteroatoms. The van der Waals surface area contributed by atoms with Crippen LogP contribution in [0.1, 0.15) is 18.8 Å². The van der Waals surface area contributed by atoms with Crippen LogP contribution in [0.4, 0.5) is 11.4 Å². The number of hydrogen-bond donors (Lipinski definition) is 3. The van der Waals surface area contributed by atoms with Crippen molar-refractivity contribution < 1.29 is 4.92 Å². The zero-order valence-corrected chi connectivity index (χ0v) is 13.7. The molecule has 0 saturated carbocycles. The molecule has 0 saturated heterocycles. The number of H-pyrrole nitrogens is 2. The maximum absolute atomic E-state index is 11.9. The van der Waals surface area contributed by atoms with Gasteiger partial charge in [-0.05, 0) is 25.1 Å². The quantitative estimate of drug-likeness (QED) is 0.383. The molecular weight excluding hydrogens is 336 g/mol. The molecule has 3 N–H and O–H groups in total. The van der Waals surface area contributed by atoms with Gasteiger partial charge in [-0.15, -0.1) is 0 Å². The lowest BCUT2D eigenvalue weighted by atomic mass is 10.1. The fraction of sp³-hybridized carbons (Fsp3) is 0.118. The molecule has 1 unspecified atom stereocenters. The highest BCUT2D eigenvalue weighted by Crippen LogP contribution is 2.30. The number of aromatic nitrogens is 4. The minimum absolute atomic E-state index is 0.168. The lowest BCUT2D eigenvalue weighted by molar-refractivity contribution is -0.383. The zero-order chi connectivity index (χ0) is 18.3. The van der Waals surface area contributed by atoms with E-state index in [1.807, 2.05) is 31.2 Å². The molecule has 9 nitrogen and oxygen atoms in total. The molecule has 130 valence electrons. The number of fused-ring (bicyclic) bond motifs is 2. The molecule has 4 rings (SSSR count). The molecular formula is C17H14N6O3. The largest absolute Gasteiger partial charge is 0.370 e. The number of anilines is 1. The SMILES string of the molecule is CC(Nc1cc2nc[nH]c(=O)c2cc1[N+](=O)[O-])c1nc2ccccc2[nH]1. The van der Waals surface area contributed by atoms with Crippen LogP contribution in [0.25, 0.3) is 21.9 Å². The lowest BCUT2D eigenvalue weighted by Gasteiger charge is -2.13. The average Bonchev–Trinajstić information content (AvgIpc) is 3.05. The van der Waals surface area contributed by atoms with E-state index in [0.717, 1.165) is 11.0 Å². The maximum Gasteiger partial charge on any atom is 0.293 e. The molecule has 0 aliphatic rings. The summed E-state index contributed by atoms with van der Waals surface area (Å²) in [7, 11) is 0. The summed E-state index contributed by atoms with van der Waals surface area (Å²) < 4.78 is 0. The van der Waals surface area contributed by atoms with E-state index in [0.29, 0.717) is 11.3 Å². The molecule has 0 bridgehead atoms. The van der Waals surface area contributed by atoms with Crippen LogP contribution >= 0.6 is 0 Å². The van der Waals surface area contributed by atoms with Crippen LogP contribution in [-0.4, -0.2) is 24.9 Å². The van der Waals surface area contributed by atoms with Crippen LogP contribution in [0.15, 0.2) is 47.5 Å². The second-order valence-electron chi connectivity index (χ2n) is 5.88. The van der Waals surface area contributed by atoms with E-state index in [4.69, 9.17) is 0 Å². The third kappa shape index (κ3) is 2.65. The highest BCUT2D eigenvalue weighted by atomic mass is 16.6. The first-order chi connectivity index (χ1) is 12.5. The van der Waals surface area contributed by atoms with Gasteiger partial charge in [0.25, 0.3) is 11.2 Å². The molecule has 2 aromatic carbocycles. The number of para-hydroxylation sites is 2. The van der Waals surface area contributed by atoms with Crippen molar-refractivity contribution in [3.05, 3.63) is 69.0 Å². The van der Waals surface area contributed by atoms with Crippen LogP contribution in [0, 0.1) is 10.1 Å². The van der Waals surface area contributed by atoms with Gasteiger partial charge in [-0.25, -0.2) is 9.97 Å². The fourth-order valence-corrected chi connectivity index (χ4v) is 2.85. The first-order valence-electron chi connectivity index (χ1n) is 7.90. The van der Waals surface area contributed by atoms with E-state index in [2.05, 4.69) is 25.3 Å². The van der Waals surface area contributed by atoms with Gasteiger partial charge in [-0.3, -0.25) is 14.9 Å². The zero-order valence-electron chi connectivity index (χ0n) is 13.7. The summed E-state index contributed by atoms with van der Waals surface area (Å²) in [6.45, 7) is 1.84. The summed E-state index contributed by atoms with van der Waals surface area (Å²) in [6.07, 6.45) is 1.27. The van der Waals surface area contributed by atoms with Crippen molar-refractivity contribution in [1.82, 2.24) is 19.9 Å². The van der Waals surface area contributed by atoms with Gasteiger partial charge < -0.3 is 15.3 Å². The standard InChI is InChI=1S/C17H14N6O3/c1-9(16-21-11-4-2-3-5-12(11)22-16)20-14-7-13-10(6-15(14)23(25)26)17(24)19-8-18-13/h2-9,20H,1H3,(H,21,22)(H,18,19,24). The van der Waals surface area contributed by atoms with Gasteiger partial charge in [0.05, 0.1) is 39.2 Å². The number of nitrogens with zero attached hydrogens (tertiary/aromatic N) is 3. The second-order valence-corrected chi connectivity index (χ2v) is 5.88. The van der Waals surface area contributed by atoms with E-state index >= 15 is 0 Å². The van der Waals surface area contributed by atoms with Crippen LogP contribution in [0.2, 0.25) is 0 Å². The van der Waals surface area contributed by atoms with E-state index in [9.17, 15) is 14.9 Å². The van der Waals surface area contributed by atoms with Gasteiger partial charge in [0.15, 0.2) is 0 Å². The van der Waals surface area contributed by atoms with Crippen molar-refractivity contribution in [2.75, 3.05) is 5.32 Å². The van der Waals surface area contributed by atoms with E-state index in [1.54, 1.807) is 0 Å². The minimum atomic E-state index is -0.528. The number of rotatable bonds is 4. The number of aromatic amines is 2. The van der Waals surface area contributed by atoms with Gasteiger partial charge in [-0.1, -0.05) is 12.1 Å². The summed E-state index contributed by atoms with van der Waals surface area (Å²) in [5.41, 5.74) is 1.73. The van der Waals surface area contributed by atoms with Gasteiger partial charge in [0.1, 0.15) is 11.5 Å².